The van der Waals surface area contributed by atoms with E-state index in [1.165, 1.54) is 11.1 Å². The third-order valence-corrected chi connectivity index (χ3v) is 4.42. The second-order valence-electron chi connectivity index (χ2n) is 6.32. The molecule has 0 saturated heterocycles. The Morgan fingerprint density at radius 1 is 1.04 bits per heavy atom. The molecule has 0 fully saturated rings. The number of nitrogens with one attached hydrogen (secondary N) is 2. The molecule has 2 N–H and O–H groups in total. The smallest absolute Gasteiger partial charge is 0.220 e. The maximum absolute atomic E-state index is 12.0. The van der Waals surface area contributed by atoms with Crippen molar-refractivity contribution in [3.8, 4) is 0 Å². The Kier molecular flexibility index (Phi) is 5.83. The van der Waals surface area contributed by atoms with Gasteiger partial charge in [0.2, 0.25) is 5.91 Å². The third-order valence-electron chi connectivity index (χ3n) is 4.42. The minimum Gasteiger partial charge on any atom is -0.356 e. The Hall–Kier alpha value is -2.62. The molecule has 130 valence electrons. The van der Waals surface area contributed by atoms with E-state index in [-0.39, 0.29) is 5.91 Å². The van der Waals surface area contributed by atoms with E-state index < -0.39 is 0 Å². The van der Waals surface area contributed by atoms with Crippen molar-refractivity contribution in [3.05, 3.63) is 65.5 Å². The Balaban J connectivity index is 1.36. The molecular formula is C21H25N3O. The highest BCUT2D eigenvalue weighted by atomic mass is 16.1. The molecule has 25 heavy (non-hydrogen) atoms. The second kappa shape index (κ2) is 8.47. The fraction of sp³-hybridized carbons (Fsp3) is 0.333. The van der Waals surface area contributed by atoms with Crippen molar-refractivity contribution in [2.45, 2.75) is 39.0 Å². The summed E-state index contributed by atoms with van der Waals surface area (Å²) < 4.78 is 0. The number of imidazole rings is 1. The first-order valence-corrected chi connectivity index (χ1v) is 9.02. The largest absolute Gasteiger partial charge is 0.356 e. The number of amides is 1. The zero-order chi connectivity index (χ0) is 17.5. The lowest BCUT2D eigenvalue weighted by Crippen LogP contribution is -2.25. The fourth-order valence-corrected chi connectivity index (χ4v) is 2.90. The normalized spacial score (nSPS) is 10.9. The van der Waals surface area contributed by atoms with Crippen molar-refractivity contribution >= 4 is 16.9 Å². The van der Waals surface area contributed by atoms with Gasteiger partial charge in [-0.3, -0.25) is 4.79 Å². The molecule has 1 heterocycles. The van der Waals surface area contributed by atoms with Crippen LogP contribution in [0.5, 0.6) is 0 Å². The summed E-state index contributed by atoms with van der Waals surface area (Å²) in [6.45, 7) is 2.83. The van der Waals surface area contributed by atoms with Gasteiger partial charge in [-0.1, -0.05) is 43.3 Å². The molecule has 3 aromatic rings. The van der Waals surface area contributed by atoms with Crippen LogP contribution in [0.3, 0.4) is 0 Å². The molecule has 0 aliphatic rings. The number of fused-ring (bicyclic) bond motifs is 1. The van der Waals surface area contributed by atoms with Crippen LogP contribution < -0.4 is 5.32 Å². The number of carbonyl (C=O) groups is 1. The number of benzene rings is 2. The minimum atomic E-state index is 0.115. The fourth-order valence-electron chi connectivity index (χ4n) is 2.90. The maximum atomic E-state index is 12.0. The van der Waals surface area contributed by atoms with Crippen molar-refractivity contribution in [2.24, 2.45) is 0 Å². The Bertz CT molecular complexity index is 788. The van der Waals surface area contributed by atoms with Crippen LogP contribution in [0.25, 0.3) is 11.0 Å². The summed E-state index contributed by atoms with van der Waals surface area (Å²) >= 11 is 0. The average Bonchev–Trinajstić information content (AvgIpc) is 3.07. The number of hydrogen-bond acceptors (Lipinski definition) is 2. The molecule has 0 unspecified atom stereocenters. The van der Waals surface area contributed by atoms with Crippen LogP contribution in [0.4, 0.5) is 0 Å². The van der Waals surface area contributed by atoms with E-state index in [4.69, 9.17) is 0 Å². The number of aromatic nitrogens is 2. The number of aryl methyl sites for hydroxylation is 3. The lowest BCUT2D eigenvalue weighted by atomic mass is 10.1. The van der Waals surface area contributed by atoms with Gasteiger partial charge in [0.25, 0.3) is 0 Å². The number of H-pyrrole nitrogens is 1. The van der Waals surface area contributed by atoms with Crippen molar-refractivity contribution in [1.29, 1.82) is 0 Å². The molecule has 2 aromatic carbocycles. The number of rotatable bonds is 8. The van der Waals surface area contributed by atoms with Gasteiger partial charge in [-0.25, -0.2) is 4.98 Å². The number of aromatic amines is 1. The summed E-state index contributed by atoms with van der Waals surface area (Å²) in [5.41, 5.74) is 4.61. The zero-order valence-corrected chi connectivity index (χ0v) is 14.7. The van der Waals surface area contributed by atoms with Crippen LogP contribution in [-0.2, 0) is 24.1 Å². The molecule has 4 heteroatoms. The predicted molar refractivity (Wildman–Crippen MR) is 102 cm³/mol. The van der Waals surface area contributed by atoms with Gasteiger partial charge >= 0.3 is 0 Å². The summed E-state index contributed by atoms with van der Waals surface area (Å²) in [7, 11) is 0. The summed E-state index contributed by atoms with van der Waals surface area (Å²) in [5, 5.41) is 3.00. The second-order valence-corrected chi connectivity index (χ2v) is 6.32. The Labute approximate surface area is 148 Å². The predicted octanol–water partition coefficient (Wildman–Crippen LogP) is 3.81. The van der Waals surface area contributed by atoms with E-state index in [0.29, 0.717) is 13.0 Å². The molecule has 0 saturated carbocycles. The summed E-state index contributed by atoms with van der Waals surface area (Å²) in [4.78, 5) is 19.8. The molecule has 0 atom stereocenters. The van der Waals surface area contributed by atoms with Gasteiger partial charge in [0.05, 0.1) is 11.0 Å². The molecule has 0 spiro atoms. The quantitative estimate of drug-likeness (QED) is 0.615. The first kappa shape index (κ1) is 17.2. The highest BCUT2D eigenvalue weighted by Crippen LogP contribution is 2.11. The van der Waals surface area contributed by atoms with Gasteiger partial charge in [-0.2, -0.15) is 0 Å². The lowest BCUT2D eigenvalue weighted by molar-refractivity contribution is -0.121. The van der Waals surface area contributed by atoms with E-state index >= 15 is 0 Å². The van der Waals surface area contributed by atoms with Gasteiger partial charge in [-0.15, -0.1) is 0 Å². The molecular weight excluding hydrogens is 310 g/mol. The molecule has 0 aliphatic carbocycles. The Morgan fingerprint density at radius 3 is 2.56 bits per heavy atom. The number of nitrogens with zero attached hydrogens (tertiary/aromatic N) is 1. The summed E-state index contributed by atoms with van der Waals surface area (Å²) in [6, 6.07) is 16.5. The topological polar surface area (TPSA) is 57.8 Å². The maximum Gasteiger partial charge on any atom is 0.220 e. The van der Waals surface area contributed by atoms with Gasteiger partial charge < -0.3 is 10.3 Å². The standard InChI is InChI=1S/C21H25N3O/c1-2-16-9-11-17(12-10-16)13-14-21(25)22-15-5-8-20-23-18-6-3-4-7-19(18)24-20/h3-4,6-7,9-12H,2,5,8,13-15H2,1H3,(H,22,25)(H,23,24). The molecule has 0 aliphatic heterocycles. The number of hydrogen-bond donors (Lipinski definition) is 2. The van der Waals surface area contributed by atoms with E-state index in [0.717, 1.165) is 42.5 Å². The van der Waals surface area contributed by atoms with Crippen LogP contribution in [0.1, 0.15) is 36.7 Å². The molecule has 0 bridgehead atoms. The van der Waals surface area contributed by atoms with Gasteiger partial charge in [-0.05, 0) is 42.5 Å². The molecule has 0 radical (unpaired) electrons. The van der Waals surface area contributed by atoms with Crippen LogP contribution in [0, 0.1) is 0 Å². The summed E-state index contributed by atoms with van der Waals surface area (Å²) in [6.07, 6.45) is 4.10. The monoisotopic (exact) mass is 335 g/mol. The molecule has 4 nitrogen and oxygen atoms in total. The first-order chi connectivity index (χ1) is 12.2. The van der Waals surface area contributed by atoms with Gasteiger partial charge in [0.1, 0.15) is 5.82 Å². The molecule has 1 aromatic heterocycles. The lowest BCUT2D eigenvalue weighted by Gasteiger charge is -2.05. The van der Waals surface area contributed by atoms with Gasteiger partial charge in [0, 0.05) is 19.4 Å². The van der Waals surface area contributed by atoms with E-state index in [1.54, 1.807) is 0 Å². The van der Waals surface area contributed by atoms with E-state index in [9.17, 15) is 4.79 Å². The molecule has 1 amide bonds. The van der Waals surface area contributed by atoms with Crippen LogP contribution in [-0.4, -0.2) is 22.4 Å². The third kappa shape index (κ3) is 4.92. The van der Waals surface area contributed by atoms with Crippen molar-refractivity contribution in [2.75, 3.05) is 6.54 Å². The first-order valence-electron chi connectivity index (χ1n) is 9.02. The van der Waals surface area contributed by atoms with Crippen molar-refractivity contribution in [1.82, 2.24) is 15.3 Å². The Morgan fingerprint density at radius 2 is 1.80 bits per heavy atom. The van der Waals surface area contributed by atoms with Crippen molar-refractivity contribution in [3.63, 3.8) is 0 Å². The molecule has 3 rings (SSSR count). The minimum absolute atomic E-state index is 0.115. The number of para-hydroxylation sites is 2. The highest BCUT2D eigenvalue weighted by Gasteiger charge is 2.04. The van der Waals surface area contributed by atoms with Crippen LogP contribution >= 0.6 is 0 Å². The zero-order valence-electron chi connectivity index (χ0n) is 14.7. The van der Waals surface area contributed by atoms with E-state index in [1.807, 2.05) is 24.3 Å². The highest BCUT2D eigenvalue weighted by molar-refractivity contribution is 5.76. The SMILES string of the molecule is CCc1ccc(CCC(=O)NCCCc2nc3ccccc3[nH]2)cc1. The average molecular weight is 335 g/mol. The number of carbonyl (C=O) groups excluding carboxylic acids is 1. The van der Waals surface area contributed by atoms with E-state index in [2.05, 4.69) is 46.5 Å². The van der Waals surface area contributed by atoms with Gasteiger partial charge in [0.15, 0.2) is 0 Å². The summed E-state index contributed by atoms with van der Waals surface area (Å²) in [5.74, 6) is 1.09. The van der Waals surface area contributed by atoms with Crippen LogP contribution in [0.2, 0.25) is 0 Å². The van der Waals surface area contributed by atoms with Crippen molar-refractivity contribution < 1.29 is 4.79 Å². The van der Waals surface area contributed by atoms with Crippen LogP contribution in [0.15, 0.2) is 48.5 Å².